The molecule has 3 aromatic rings. The van der Waals surface area contributed by atoms with Crippen molar-refractivity contribution in [2.75, 3.05) is 26.5 Å². The van der Waals surface area contributed by atoms with E-state index in [-0.39, 0.29) is 11.7 Å². The third-order valence-corrected chi connectivity index (χ3v) is 6.50. The Hall–Kier alpha value is -2.99. The SMILES string of the molecule is CCc1c(C(=O)N2CCOc3ccc(-c4cccc(OC)c4)cc3C2)ccc(SC)c1F. The van der Waals surface area contributed by atoms with Crippen molar-refractivity contribution < 1.29 is 18.7 Å². The third kappa shape index (κ3) is 4.32. The number of hydrogen-bond donors (Lipinski definition) is 0. The van der Waals surface area contributed by atoms with Crippen molar-refractivity contribution in [2.24, 2.45) is 0 Å². The van der Waals surface area contributed by atoms with Crippen LogP contribution in [-0.2, 0) is 13.0 Å². The summed E-state index contributed by atoms with van der Waals surface area (Å²) in [4.78, 5) is 15.7. The van der Waals surface area contributed by atoms with Crippen molar-refractivity contribution >= 4 is 17.7 Å². The molecule has 4 rings (SSSR count). The predicted octanol–water partition coefficient (Wildman–Crippen LogP) is 5.82. The standard InChI is InChI=1S/C26H26FNO3S/c1-4-21-22(9-11-24(32-3)25(21)27)26(29)28-12-13-31-23-10-8-18(14-19(23)16-28)17-6-5-7-20(15-17)30-2/h5-11,14-15H,4,12-13,16H2,1-3H3. The van der Waals surface area contributed by atoms with E-state index in [0.29, 0.717) is 42.1 Å². The van der Waals surface area contributed by atoms with Crippen LogP contribution >= 0.6 is 11.8 Å². The Bertz CT molecular complexity index is 1150. The summed E-state index contributed by atoms with van der Waals surface area (Å²) in [6.07, 6.45) is 2.30. The summed E-state index contributed by atoms with van der Waals surface area (Å²) in [6.45, 7) is 3.11. The van der Waals surface area contributed by atoms with Gasteiger partial charge in [0.25, 0.3) is 5.91 Å². The molecule has 0 bridgehead atoms. The molecule has 0 atom stereocenters. The summed E-state index contributed by atoms with van der Waals surface area (Å²) in [5.74, 6) is 1.09. The molecule has 1 aliphatic heterocycles. The van der Waals surface area contributed by atoms with E-state index in [9.17, 15) is 9.18 Å². The van der Waals surface area contributed by atoms with Crippen molar-refractivity contribution in [2.45, 2.75) is 24.8 Å². The molecule has 1 aliphatic rings. The van der Waals surface area contributed by atoms with E-state index in [1.165, 1.54) is 11.8 Å². The first-order chi connectivity index (χ1) is 15.5. The fourth-order valence-electron chi connectivity index (χ4n) is 4.02. The lowest BCUT2D eigenvalue weighted by molar-refractivity contribution is 0.0731. The summed E-state index contributed by atoms with van der Waals surface area (Å²) >= 11 is 1.35. The summed E-state index contributed by atoms with van der Waals surface area (Å²) in [5.41, 5.74) is 3.87. The van der Waals surface area contributed by atoms with Crippen LogP contribution in [0, 0.1) is 5.82 Å². The Morgan fingerprint density at radius 3 is 2.72 bits per heavy atom. The minimum absolute atomic E-state index is 0.170. The van der Waals surface area contributed by atoms with E-state index in [0.717, 1.165) is 28.2 Å². The minimum Gasteiger partial charge on any atom is -0.497 e. The molecule has 3 aromatic carbocycles. The first-order valence-corrected chi connectivity index (χ1v) is 11.8. The van der Waals surface area contributed by atoms with Gasteiger partial charge in [0, 0.05) is 28.1 Å². The second-order valence-electron chi connectivity index (χ2n) is 7.59. The normalized spacial score (nSPS) is 13.2. The number of carbonyl (C=O) groups excluding carboxylic acids is 1. The average Bonchev–Trinajstić information content (AvgIpc) is 3.05. The van der Waals surface area contributed by atoms with Crippen molar-refractivity contribution in [1.82, 2.24) is 4.90 Å². The van der Waals surface area contributed by atoms with E-state index in [1.807, 2.05) is 55.6 Å². The lowest BCUT2D eigenvalue weighted by Crippen LogP contribution is -2.33. The maximum absolute atomic E-state index is 14.9. The number of thioether (sulfide) groups is 1. The number of hydrogen-bond acceptors (Lipinski definition) is 4. The Morgan fingerprint density at radius 1 is 1.16 bits per heavy atom. The van der Waals surface area contributed by atoms with Crippen LogP contribution in [0.15, 0.2) is 59.5 Å². The predicted molar refractivity (Wildman–Crippen MR) is 126 cm³/mol. The molecule has 166 valence electrons. The average molecular weight is 452 g/mol. The molecule has 1 heterocycles. The maximum atomic E-state index is 14.9. The van der Waals surface area contributed by atoms with E-state index < -0.39 is 0 Å². The third-order valence-electron chi connectivity index (χ3n) is 5.74. The van der Waals surface area contributed by atoms with Gasteiger partial charge in [-0.3, -0.25) is 4.79 Å². The smallest absolute Gasteiger partial charge is 0.254 e. The second kappa shape index (κ2) is 9.65. The number of rotatable bonds is 5. The number of methoxy groups -OCH3 is 1. The van der Waals surface area contributed by atoms with Crippen molar-refractivity contribution in [1.29, 1.82) is 0 Å². The molecule has 0 saturated heterocycles. The summed E-state index contributed by atoms with van der Waals surface area (Å²) < 4.78 is 26.1. The van der Waals surface area contributed by atoms with Crippen LogP contribution < -0.4 is 9.47 Å². The zero-order valence-corrected chi connectivity index (χ0v) is 19.3. The van der Waals surface area contributed by atoms with Gasteiger partial charge in [0.05, 0.1) is 13.7 Å². The molecule has 32 heavy (non-hydrogen) atoms. The highest BCUT2D eigenvalue weighted by Gasteiger charge is 2.25. The first kappa shape index (κ1) is 22.2. The molecule has 0 N–H and O–H groups in total. The van der Waals surface area contributed by atoms with Crippen molar-refractivity contribution in [3.63, 3.8) is 0 Å². The number of halogens is 1. The molecule has 4 nitrogen and oxygen atoms in total. The number of amides is 1. The molecular formula is C26H26FNO3S. The lowest BCUT2D eigenvalue weighted by Gasteiger charge is -2.22. The summed E-state index contributed by atoms with van der Waals surface area (Å²) in [6, 6.07) is 17.3. The van der Waals surface area contributed by atoms with Gasteiger partial charge >= 0.3 is 0 Å². The molecule has 0 spiro atoms. The summed E-state index contributed by atoms with van der Waals surface area (Å²) in [7, 11) is 1.65. The van der Waals surface area contributed by atoms with E-state index in [4.69, 9.17) is 9.47 Å². The van der Waals surface area contributed by atoms with Crippen molar-refractivity contribution in [3.8, 4) is 22.6 Å². The van der Waals surface area contributed by atoms with Crippen LogP contribution in [0.3, 0.4) is 0 Å². The van der Waals surface area contributed by atoms with Gasteiger partial charge in [-0.2, -0.15) is 0 Å². The van der Waals surface area contributed by atoms with Gasteiger partial charge in [-0.1, -0.05) is 25.1 Å². The Labute approximate surface area is 192 Å². The highest BCUT2D eigenvalue weighted by Crippen LogP contribution is 2.32. The fourth-order valence-corrected chi connectivity index (χ4v) is 4.53. The topological polar surface area (TPSA) is 38.8 Å². The molecule has 6 heteroatoms. The Balaban J connectivity index is 1.66. The Morgan fingerprint density at radius 2 is 1.97 bits per heavy atom. The number of benzene rings is 3. The van der Waals surface area contributed by atoms with E-state index in [2.05, 4.69) is 0 Å². The monoisotopic (exact) mass is 451 g/mol. The van der Waals surface area contributed by atoms with Gasteiger partial charge in [0.1, 0.15) is 23.9 Å². The minimum atomic E-state index is -0.294. The van der Waals surface area contributed by atoms with Gasteiger partial charge in [0.2, 0.25) is 0 Å². The highest BCUT2D eigenvalue weighted by atomic mass is 32.2. The first-order valence-electron chi connectivity index (χ1n) is 10.6. The van der Waals surface area contributed by atoms with Crippen LogP contribution in [0.2, 0.25) is 0 Å². The van der Waals surface area contributed by atoms with E-state index >= 15 is 0 Å². The quantitative estimate of drug-likeness (QED) is 0.458. The van der Waals surface area contributed by atoms with Crippen LogP contribution in [-0.4, -0.2) is 37.3 Å². The molecule has 0 unspecified atom stereocenters. The zero-order chi connectivity index (χ0) is 22.7. The van der Waals surface area contributed by atoms with Crippen LogP contribution in [0.25, 0.3) is 11.1 Å². The maximum Gasteiger partial charge on any atom is 0.254 e. The molecular weight excluding hydrogens is 425 g/mol. The van der Waals surface area contributed by atoms with Crippen LogP contribution in [0.1, 0.15) is 28.4 Å². The van der Waals surface area contributed by atoms with Gasteiger partial charge in [-0.15, -0.1) is 11.8 Å². The largest absolute Gasteiger partial charge is 0.497 e. The molecule has 0 fully saturated rings. The fraction of sp³-hybridized carbons (Fsp3) is 0.269. The number of carbonyl (C=O) groups is 1. The lowest BCUT2D eigenvalue weighted by atomic mass is 10.0. The van der Waals surface area contributed by atoms with E-state index in [1.54, 1.807) is 24.1 Å². The molecule has 1 amide bonds. The molecule has 0 aliphatic carbocycles. The number of fused-ring (bicyclic) bond motifs is 1. The molecule has 0 radical (unpaired) electrons. The summed E-state index contributed by atoms with van der Waals surface area (Å²) in [5, 5.41) is 0. The van der Waals surface area contributed by atoms with Crippen LogP contribution in [0.5, 0.6) is 11.5 Å². The van der Waals surface area contributed by atoms with Gasteiger partial charge in [0.15, 0.2) is 0 Å². The number of nitrogens with zero attached hydrogens (tertiary/aromatic N) is 1. The highest BCUT2D eigenvalue weighted by molar-refractivity contribution is 7.98. The molecule has 0 saturated carbocycles. The Kier molecular flexibility index (Phi) is 6.70. The second-order valence-corrected chi connectivity index (χ2v) is 8.44. The number of ether oxygens (including phenoxy) is 2. The van der Waals surface area contributed by atoms with Gasteiger partial charge in [-0.05, 0) is 60.2 Å². The zero-order valence-electron chi connectivity index (χ0n) is 18.5. The van der Waals surface area contributed by atoms with Gasteiger partial charge in [-0.25, -0.2) is 4.39 Å². The van der Waals surface area contributed by atoms with Crippen molar-refractivity contribution in [3.05, 3.63) is 77.1 Å². The van der Waals surface area contributed by atoms with Gasteiger partial charge < -0.3 is 14.4 Å². The molecule has 0 aromatic heterocycles. The van der Waals surface area contributed by atoms with Crippen LogP contribution in [0.4, 0.5) is 4.39 Å².